The molecule has 4 atom stereocenters. The van der Waals surface area contributed by atoms with Crippen LogP contribution in [-0.4, -0.2) is 24.1 Å². The first-order valence-electron chi connectivity index (χ1n) is 12.4. The molecule has 1 aliphatic heterocycles. The summed E-state index contributed by atoms with van der Waals surface area (Å²) in [5.41, 5.74) is -1.90. The second-order valence-electron chi connectivity index (χ2n) is 10.9. The average molecular weight is 607 g/mol. The molecule has 4 rings (SSSR count). The number of thiophene rings is 1. The van der Waals surface area contributed by atoms with Gasteiger partial charge in [-0.25, -0.2) is 13.6 Å². The Labute approximate surface area is 245 Å². The Kier molecular flexibility index (Phi) is 8.57. The van der Waals surface area contributed by atoms with Crippen LogP contribution in [-0.2, 0) is 10.2 Å². The molecule has 3 aromatic rings. The van der Waals surface area contributed by atoms with Gasteiger partial charge in [-0.1, -0.05) is 62.2 Å². The van der Waals surface area contributed by atoms with Crippen molar-refractivity contribution in [2.24, 2.45) is 5.41 Å². The minimum Gasteiger partial charge on any atom is -0.429 e. The van der Waals surface area contributed by atoms with Gasteiger partial charge < -0.3 is 4.74 Å². The van der Waals surface area contributed by atoms with Gasteiger partial charge in [0.25, 0.3) is 0 Å². The Morgan fingerprint density at radius 2 is 1.93 bits per heavy atom. The number of nitrogens with one attached hydrogen (secondary N) is 2. The summed E-state index contributed by atoms with van der Waals surface area (Å²) in [6, 6.07) is 11.3. The van der Waals surface area contributed by atoms with E-state index in [0.717, 1.165) is 17.4 Å². The second kappa shape index (κ2) is 11.5. The van der Waals surface area contributed by atoms with Crippen molar-refractivity contribution in [1.82, 2.24) is 5.32 Å². The van der Waals surface area contributed by atoms with E-state index < -0.39 is 41.3 Å². The zero-order chi connectivity index (χ0) is 29.4. The van der Waals surface area contributed by atoms with Crippen LogP contribution in [0, 0.1) is 28.4 Å². The van der Waals surface area contributed by atoms with Gasteiger partial charge in [0.15, 0.2) is 12.0 Å². The molecule has 0 bridgehead atoms. The highest BCUT2D eigenvalue weighted by molar-refractivity contribution is 7.12. The molecule has 0 aliphatic carbocycles. The molecule has 0 unspecified atom stereocenters. The Morgan fingerprint density at radius 3 is 2.55 bits per heavy atom. The van der Waals surface area contributed by atoms with E-state index in [2.05, 4.69) is 16.7 Å². The fourth-order valence-electron chi connectivity index (χ4n) is 5.31. The third kappa shape index (κ3) is 5.72. The molecule has 1 saturated heterocycles. The predicted molar refractivity (Wildman–Crippen MR) is 152 cm³/mol. The van der Waals surface area contributed by atoms with Crippen LogP contribution >= 0.6 is 34.5 Å². The second-order valence-corrected chi connectivity index (χ2v) is 12.6. The molecule has 1 aromatic heterocycles. The highest BCUT2D eigenvalue weighted by Gasteiger charge is 2.61. The van der Waals surface area contributed by atoms with Gasteiger partial charge >= 0.3 is 6.09 Å². The SMILES string of the molecule is CC(=O)c1sccc1NC(=O)O[C@H]1N[C@@H](CC(C)(C)C)[C@](C#N)(c2ccc(Cl)cc2F)[C@H]1c1cccc(Cl)c1F. The number of ketones is 1. The Hall–Kier alpha value is -3.03. The number of hydrogen-bond acceptors (Lipinski definition) is 6. The fourth-order valence-corrected chi connectivity index (χ4v) is 6.40. The van der Waals surface area contributed by atoms with Gasteiger partial charge in [0.2, 0.25) is 0 Å². The highest BCUT2D eigenvalue weighted by atomic mass is 35.5. The first kappa shape index (κ1) is 29.9. The van der Waals surface area contributed by atoms with E-state index in [4.69, 9.17) is 27.9 Å². The van der Waals surface area contributed by atoms with Gasteiger partial charge in [0, 0.05) is 23.6 Å². The summed E-state index contributed by atoms with van der Waals surface area (Å²) >= 11 is 13.3. The number of halogens is 4. The number of anilines is 1. The van der Waals surface area contributed by atoms with Gasteiger partial charge in [-0.2, -0.15) is 5.26 Å². The lowest BCUT2D eigenvalue weighted by Crippen LogP contribution is -2.44. The quantitative estimate of drug-likeness (QED) is 0.277. The highest BCUT2D eigenvalue weighted by Crippen LogP contribution is 2.53. The molecule has 210 valence electrons. The van der Waals surface area contributed by atoms with Crippen molar-refractivity contribution in [3.63, 3.8) is 0 Å². The third-order valence-corrected chi connectivity index (χ3v) is 8.40. The van der Waals surface area contributed by atoms with Crippen molar-refractivity contribution >= 4 is 52.1 Å². The van der Waals surface area contributed by atoms with Gasteiger partial charge in [0.05, 0.1) is 27.6 Å². The summed E-state index contributed by atoms with van der Waals surface area (Å²) in [5, 5.41) is 18.2. The van der Waals surface area contributed by atoms with Crippen LogP contribution in [0.5, 0.6) is 0 Å². The smallest absolute Gasteiger partial charge is 0.413 e. The normalized spacial score (nSPS) is 22.5. The van der Waals surface area contributed by atoms with Crippen LogP contribution < -0.4 is 10.6 Å². The molecule has 0 saturated carbocycles. The number of carbonyl (C=O) groups excluding carboxylic acids is 2. The number of carbonyl (C=O) groups is 2. The van der Waals surface area contributed by atoms with Crippen LogP contribution in [0.2, 0.25) is 10.0 Å². The standard InChI is InChI=1S/C29H27Cl2F2N3O3S/c1-15(37)25-21(10-11-40-25)35-27(38)39-26-23(17-6-5-7-19(31)24(17)33)29(14-34,22(36-26)13-28(2,3)4)18-9-8-16(30)12-20(18)32/h5-12,22-23,26,36H,13H2,1-4H3,(H,35,38)/t22-,23-,26+,29-/m0/s1. The minimum absolute atomic E-state index is 0.0197. The van der Waals surface area contributed by atoms with Gasteiger partial charge in [0.1, 0.15) is 17.0 Å². The number of benzene rings is 2. The number of nitriles is 1. The van der Waals surface area contributed by atoms with E-state index in [1.165, 1.54) is 37.3 Å². The average Bonchev–Trinajstić information content (AvgIpc) is 3.42. The first-order valence-corrected chi connectivity index (χ1v) is 14.0. The van der Waals surface area contributed by atoms with E-state index in [1.54, 1.807) is 11.4 Å². The van der Waals surface area contributed by atoms with E-state index in [9.17, 15) is 14.9 Å². The number of amides is 1. The van der Waals surface area contributed by atoms with Crippen LogP contribution in [0.25, 0.3) is 0 Å². The number of ether oxygens (including phenoxy) is 1. The summed E-state index contributed by atoms with van der Waals surface area (Å²) in [6.07, 6.45) is -1.89. The lowest BCUT2D eigenvalue weighted by molar-refractivity contribution is 0.0851. The Morgan fingerprint density at radius 1 is 1.20 bits per heavy atom. The molecule has 2 N–H and O–H groups in total. The van der Waals surface area contributed by atoms with Crippen LogP contribution in [0.1, 0.15) is 60.8 Å². The van der Waals surface area contributed by atoms with Crippen molar-refractivity contribution in [2.75, 3.05) is 5.32 Å². The molecule has 1 aliphatic rings. The predicted octanol–water partition coefficient (Wildman–Crippen LogP) is 8.06. The lowest BCUT2D eigenvalue weighted by atomic mass is 9.63. The monoisotopic (exact) mass is 605 g/mol. The summed E-state index contributed by atoms with van der Waals surface area (Å²) < 4.78 is 37.1. The maximum absolute atomic E-state index is 15.7. The molecule has 2 heterocycles. The molecule has 1 amide bonds. The van der Waals surface area contributed by atoms with Crippen LogP contribution in [0.4, 0.5) is 19.3 Å². The zero-order valence-electron chi connectivity index (χ0n) is 22.2. The van der Waals surface area contributed by atoms with Gasteiger partial charge in [-0.15, -0.1) is 11.3 Å². The van der Waals surface area contributed by atoms with Crippen molar-refractivity contribution in [2.45, 2.75) is 57.7 Å². The third-order valence-electron chi connectivity index (χ3n) is 6.86. The van der Waals surface area contributed by atoms with E-state index in [1.807, 2.05) is 20.8 Å². The molecule has 40 heavy (non-hydrogen) atoms. The van der Waals surface area contributed by atoms with Crippen molar-refractivity contribution in [3.05, 3.63) is 85.5 Å². The Balaban J connectivity index is 1.88. The van der Waals surface area contributed by atoms with E-state index in [-0.39, 0.29) is 38.1 Å². The molecule has 2 aromatic carbocycles. The number of nitrogens with zero attached hydrogens (tertiary/aromatic N) is 1. The van der Waals surface area contributed by atoms with Crippen molar-refractivity contribution in [3.8, 4) is 6.07 Å². The van der Waals surface area contributed by atoms with Crippen LogP contribution in [0.3, 0.4) is 0 Å². The van der Waals surface area contributed by atoms with Crippen molar-refractivity contribution < 1.29 is 23.1 Å². The summed E-state index contributed by atoms with van der Waals surface area (Å²) in [4.78, 5) is 25.4. The lowest BCUT2D eigenvalue weighted by Gasteiger charge is -2.37. The number of hydrogen-bond donors (Lipinski definition) is 2. The summed E-state index contributed by atoms with van der Waals surface area (Å²) in [5.74, 6) is -3.03. The largest absolute Gasteiger partial charge is 0.429 e. The molecular formula is C29H27Cl2F2N3O3S. The van der Waals surface area contributed by atoms with Crippen LogP contribution in [0.15, 0.2) is 47.8 Å². The molecular weight excluding hydrogens is 579 g/mol. The van der Waals surface area contributed by atoms with Crippen molar-refractivity contribution in [1.29, 1.82) is 5.26 Å². The molecule has 6 nitrogen and oxygen atoms in total. The number of Topliss-reactive ketones (excluding diaryl/α,β-unsaturated/α-hetero) is 1. The van der Waals surface area contributed by atoms with E-state index in [0.29, 0.717) is 11.3 Å². The number of rotatable bonds is 6. The zero-order valence-corrected chi connectivity index (χ0v) is 24.5. The molecule has 1 fully saturated rings. The molecule has 0 spiro atoms. The topological polar surface area (TPSA) is 91.2 Å². The van der Waals surface area contributed by atoms with Gasteiger partial charge in [-0.05, 0) is 47.0 Å². The minimum atomic E-state index is -1.74. The first-order chi connectivity index (χ1) is 18.8. The van der Waals surface area contributed by atoms with E-state index >= 15 is 8.78 Å². The summed E-state index contributed by atoms with van der Waals surface area (Å²) in [7, 11) is 0. The molecule has 0 radical (unpaired) electrons. The maximum Gasteiger partial charge on any atom is 0.413 e. The van der Waals surface area contributed by atoms with Gasteiger partial charge in [-0.3, -0.25) is 15.4 Å². The fraction of sp³-hybridized carbons (Fsp3) is 0.345. The maximum atomic E-state index is 15.7. The summed E-state index contributed by atoms with van der Waals surface area (Å²) in [6.45, 7) is 7.22. The molecule has 11 heteroatoms. The Bertz CT molecular complexity index is 1500.